The molecule has 1 aromatic rings. The standard InChI is InChI=1S/C14H17NO3/c1-10-2-4-11(5-3-10)6-7-15-9-12(14(17)18)8-13(15)16/h2-5,12H,6-9H2,1H3,(H,17,18)/t12-/m1/s1. The summed E-state index contributed by atoms with van der Waals surface area (Å²) in [5.74, 6) is -1.45. The highest BCUT2D eigenvalue weighted by Gasteiger charge is 2.33. The minimum absolute atomic E-state index is 0.0467. The van der Waals surface area contributed by atoms with Crippen LogP contribution >= 0.6 is 0 Å². The van der Waals surface area contributed by atoms with Crippen molar-refractivity contribution in [2.75, 3.05) is 13.1 Å². The summed E-state index contributed by atoms with van der Waals surface area (Å²) in [6, 6.07) is 8.18. The molecule has 1 amide bonds. The number of carboxylic acids is 1. The predicted octanol–water partition coefficient (Wildman–Crippen LogP) is 1.47. The number of aliphatic carboxylic acids is 1. The van der Waals surface area contributed by atoms with Crippen LogP contribution in [0.15, 0.2) is 24.3 Å². The molecule has 96 valence electrons. The van der Waals surface area contributed by atoms with Crippen LogP contribution in [0.2, 0.25) is 0 Å². The van der Waals surface area contributed by atoms with Gasteiger partial charge in [0.05, 0.1) is 5.92 Å². The van der Waals surface area contributed by atoms with Crippen LogP contribution in [0.5, 0.6) is 0 Å². The molecule has 2 rings (SSSR count). The van der Waals surface area contributed by atoms with E-state index < -0.39 is 11.9 Å². The predicted molar refractivity (Wildman–Crippen MR) is 67.2 cm³/mol. The topological polar surface area (TPSA) is 57.6 Å². The smallest absolute Gasteiger partial charge is 0.308 e. The number of aryl methyl sites for hydroxylation is 1. The second-order valence-corrected chi connectivity index (χ2v) is 4.81. The van der Waals surface area contributed by atoms with Crippen LogP contribution in [0.1, 0.15) is 17.5 Å². The Labute approximate surface area is 106 Å². The number of hydrogen-bond acceptors (Lipinski definition) is 2. The molecule has 0 radical (unpaired) electrons. The van der Waals surface area contributed by atoms with Crippen LogP contribution in [0.3, 0.4) is 0 Å². The van der Waals surface area contributed by atoms with Crippen molar-refractivity contribution in [1.29, 1.82) is 0 Å². The van der Waals surface area contributed by atoms with Gasteiger partial charge >= 0.3 is 5.97 Å². The van der Waals surface area contributed by atoms with Gasteiger partial charge in [-0.25, -0.2) is 0 Å². The molecule has 0 bridgehead atoms. The second kappa shape index (κ2) is 5.21. The minimum Gasteiger partial charge on any atom is -0.481 e. The first kappa shape index (κ1) is 12.6. The fraction of sp³-hybridized carbons (Fsp3) is 0.429. The first-order valence-corrected chi connectivity index (χ1v) is 6.12. The van der Waals surface area contributed by atoms with Gasteiger partial charge in [0, 0.05) is 19.5 Å². The van der Waals surface area contributed by atoms with Crippen molar-refractivity contribution in [3.8, 4) is 0 Å². The van der Waals surface area contributed by atoms with E-state index in [4.69, 9.17) is 5.11 Å². The van der Waals surface area contributed by atoms with Gasteiger partial charge in [0.1, 0.15) is 0 Å². The Balaban J connectivity index is 1.89. The monoisotopic (exact) mass is 247 g/mol. The number of carbonyl (C=O) groups is 2. The van der Waals surface area contributed by atoms with Gasteiger partial charge in [-0.15, -0.1) is 0 Å². The highest BCUT2D eigenvalue weighted by Crippen LogP contribution is 2.18. The molecular formula is C14H17NO3. The summed E-state index contributed by atoms with van der Waals surface area (Å²) in [4.78, 5) is 24.1. The van der Waals surface area contributed by atoms with Crippen molar-refractivity contribution >= 4 is 11.9 Å². The van der Waals surface area contributed by atoms with Crippen molar-refractivity contribution < 1.29 is 14.7 Å². The van der Waals surface area contributed by atoms with Crippen LogP contribution < -0.4 is 0 Å². The Morgan fingerprint density at radius 2 is 2.06 bits per heavy atom. The van der Waals surface area contributed by atoms with Crippen LogP contribution in [0, 0.1) is 12.8 Å². The van der Waals surface area contributed by atoms with Crippen molar-refractivity contribution in [2.24, 2.45) is 5.92 Å². The number of rotatable bonds is 4. The molecule has 1 atom stereocenters. The fourth-order valence-corrected chi connectivity index (χ4v) is 2.17. The molecule has 4 nitrogen and oxygen atoms in total. The number of hydrogen-bond donors (Lipinski definition) is 1. The summed E-state index contributed by atoms with van der Waals surface area (Å²) in [5, 5.41) is 8.89. The van der Waals surface area contributed by atoms with Gasteiger partial charge in [0.2, 0.25) is 5.91 Å². The van der Waals surface area contributed by atoms with Crippen molar-refractivity contribution in [3.05, 3.63) is 35.4 Å². The molecule has 1 aliphatic heterocycles. The fourth-order valence-electron chi connectivity index (χ4n) is 2.17. The molecule has 1 aromatic carbocycles. The Hall–Kier alpha value is -1.84. The van der Waals surface area contributed by atoms with E-state index in [9.17, 15) is 9.59 Å². The van der Waals surface area contributed by atoms with E-state index in [0.717, 1.165) is 6.42 Å². The highest BCUT2D eigenvalue weighted by molar-refractivity contribution is 5.86. The van der Waals surface area contributed by atoms with E-state index in [2.05, 4.69) is 0 Å². The van der Waals surface area contributed by atoms with E-state index in [1.165, 1.54) is 11.1 Å². The van der Waals surface area contributed by atoms with Crippen molar-refractivity contribution in [3.63, 3.8) is 0 Å². The molecular weight excluding hydrogens is 230 g/mol. The highest BCUT2D eigenvalue weighted by atomic mass is 16.4. The average Bonchev–Trinajstić information content (AvgIpc) is 2.70. The summed E-state index contributed by atoms with van der Waals surface area (Å²) >= 11 is 0. The van der Waals surface area contributed by atoms with Crippen LogP contribution in [-0.2, 0) is 16.0 Å². The third kappa shape index (κ3) is 2.88. The van der Waals surface area contributed by atoms with Crippen LogP contribution in [-0.4, -0.2) is 35.0 Å². The Morgan fingerprint density at radius 1 is 1.39 bits per heavy atom. The summed E-state index contributed by atoms with van der Waals surface area (Å²) in [5.41, 5.74) is 2.38. The quantitative estimate of drug-likeness (QED) is 0.876. The Bertz CT molecular complexity index is 453. The largest absolute Gasteiger partial charge is 0.481 e. The number of benzene rings is 1. The maximum absolute atomic E-state index is 11.6. The zero-order valence-electron chi connectivity index (χ0n) is 10.4. The van der Waals surface area contributed by atoms with Gasteiger partial charge in [-0.3, -0.25) is 9.59 Å². The molecule has 4 heteroatoms. The molecule has 1 aliphatic rings. The van der Waals surface area contributed by atoms with E-state index in [1.54, 1.807) is 4.90 Å². The number of likely N-dealkylation sites (tertiary alicyclic amines) is 1. The lowest BCUT2D eigenvalue weighted by Crippen LogP contribution is -2.28. The minimum atomic E-state index is -0.874. The van der Waals surface area contributed by atoms with Crippen LogP contribution in [0.4, 0.5) is 0 Å². The van der Waals surface area contributed by atoms with Gasteiger partial charge in [-0.2, -0.15) is 0 Å². The molecule has 0 spiro atoms. The third-order valence-corrected chi connectivity index (χ3v) is 3.35. The zero-order valence-corrected chi connectivity index (χ0v) is 10.4. The number of amides is 1. The van der Waals surface area contributed by atoms with E-state index >= 15 is 0 Å². The number of carboxylic acid groups (broad SMARTS) is 1. The van der Waals surface area contributed by atoms with Gasteiger partial charge in [0.25, 0.3) is 0 Å². The molecule has 1 saturated heterocycles. The zero-order chi connectivity index (χ0) is 13.1. The first-order valence-electron chi connectivity index (χ1n) is 6.12. The summed E-state index contributed by atoms with van der Waals surface area (Å²) < 4.78 is 0. The molecule has 18 heavy (non-hydrogen) atoms. The Kier molecular flexibility index (Phi) is 3.65. The normalized spacial score (nSPS) is 19.3. The molecule has 1 heterocycles. The van der Waals surface area contributed by atoms with Gasteiger partial charge < -0.3 is 10.0 Å². The lowest BCUT2D eigenvalue weighted by atomic mass is 10.1. The first-order chi connectivity index (χ1) is 8.56. The van der Waals surface area contributed by atoms with Gasteiger partial charge in [-0.1, -0.05) is 29.8 Å². The second-order valence-electron chi connectivity index (χ2n) is 4.81. The maximum atomic E-state index is 11.6. The van der Waals surface area contributed by atoms with Crippen molar-refractivity contribution in [1.82, 2.24) is 4.90 Å². The van der Waals surface area contributed by atoms with Crippen LogP contribution in [0.25, 0.3) is 0 Å². The number of nitrogens with zero attached hydrogens (tertiary/aromatic N) is 1. The molecule has 0 saturated carbocycles. The molecule has 1 N–H and O–H groups in total. The third-order valence-electron chi connectivity index (χ3n) is 3.35. The van der Waals surface area contributed by atoms with E-state index in [1.807, 2.05) is 31.2 Å². The van der Waals surface area contributed by atoms with Gasteiger partial charge in [-0.05, 0) is 18.9 Å². The maximum Gasteiger partial charge on any atom is 0.308 e. The summed E-state index contributed by atoms with van der Waals surface area (Å²) in [6.45, 7) is 2.98. The Morgan fingerprint density at radius 3 is 2.61 bits per heavy atom. The molecule has 1 fully saturated rings. The molecule has 0 aromatic heterocycles. The van der Waals surface area contributed by atoms with Gasteiger partial charge in [0.15, 0.2) is 0 Å². The van der Waals surface area contributed by atoms with E-state index in [-0.39, 0.29) is 12.3 Å². The molecule has 0 unspecified atom stereocenters. The lowest BCUT2D eigenvalue weighted by Gasteiger charge is -2.15. The lowest BCUT2D eigenvalue weighted by molar-refractivity contribution is -0.141. The number of carbonyl (C=O) groups excluding carboxylic acids is 1. The summed E-state index contributed by atoms with van der Waals surface area (Å²) in [6.07, 6.45) is 0.918. The summed E-state index contributed by atoms with van der Waals surface area (Å²) in [7, 11) is 0. The SMILES string of the molecule is Cc1ccc(CCN2C[C@H](C(=O)O)CC2=O)cc1. The van der Waals surface area contributed by atoms with E-state index in [0.29, 0.717) is 13.1 Å². The average molecular weight is 247 g/mol. The van der Waals surface area contributed by atoms with Crippen molar-refractivity contribution in [2.45, 2.75) is 19.8 Å². The molecule has 0 aliphatic carbocycles.